The second-order valence-electron chi connectivity index (χ2n) is 3.12. The average molecular weight is 291 g/mol. The van der Waals surface area contributed by atoms with Crippen LogP contribution in [0.1, 0.15) is 25.5 Å². The van der Waals surface area contributed by atoms with Gasteiger partial charge < -0.3 is 5.32 Å². The zero-order valence-corrected chi connectivity index (χ0v) is 10.2. The summed E-state index contributed by atoms with van der Waals surface area (Å²) in [6, 6.07) is 0.434. The highest BCUT2D eigenvalue weighted by molar-refractivity contribution is 14.1. The van der Waals surface area contributed by atoms with E-state index in [9.17, 15) is 0 Å². The van der Waals surface area contributed by atoms with Gasteiger partial charge in [0.15, 0.2) is 0 Å². The van der Waals surface area contributed by atoms with E-state index in [-0.39, 0.29) is 0 Å². The highest BCUT2D eigenvalue weighted by atomic mass is 127. The first-order chi connectivity index (χ1) is 6.16. The number of nitrogens with one attached hydrogen (secondary N) is 1. The molecule has 0 radical (unpaired) electrons. The Hall–Kier alpha value is -0.230. The molecule has 2 unspecified atom stereocenters. The van der Waals surface area contributed by atoms with Gasteiger partial charge in [0.1, 0.15) is 6.33 Å². The second-order valence-corrected chi connectivity index (χ2v) is 4.28. The molecule has 1 heterocycles. The Morgan fingerprint density at radius 2 is 2.15 bits per heavy atom. The Bertz CT molecular complexity index is 277. The smallest absolute Gasteiger partial charge is 0.115 e. The lowest BCUT2D eigenvalue weighted by Gasteiger charge is -2.19. The van der Waals surface area contributed by atoms with Crippen molar-refractivity contribution in [3.8, 4) is 0 Å². The van der Waals surface area contributed by atoms with Gasteiger partial charge >= 0.3 is 0 Å². The summed E-state index contributed by atoms with van der Waals surface area (Å²) in [5.41, 5.74) is 1.12. The van der Waals surface area contributed by atoms with Crippen LogP contribution < -0.4 is 5.32 Å². The topological polar surface area (TPSA) is 37.8 Å². The number of rotatable bonds is 3. The number of likely N-dealkylation sites (N-methyl/N-ethyl adjacent to an activating group) is 1. The maximum atomic E-state index is 4.29. The predicted octanol–water partition coefficient (Wildman–Crippen LogP) is 1.79. The molecular weight excluding hydrogens is 277 g/mol. The number of nitrogens with zero attached hydrogens (tertiary/aromatic N) is 2. The third-order valence-corrected chi connectivity index (χ3v) is 3.16. The molecule has 1 rings (SSSR count). The summed E-state index contributed by atoms with van der Waals surface area (Å²) in [7, 11) is 1.97. The minimum absolute atomic E-state index is 0.417. The zero-order valence-electron chi connectivity index (χ0n) is 8.08. The average Bonchev–Trinajstić information content (AvgIpc) is 2.16. The van der Waals surface area contributed by atoms with E-state index in [4.69, 9.17) is 0 Å². The van der Waals surface area contributed by atoms with E-state index in [0.717, 1.165) is 9.26 Å². The van der Waals surface area contributed by atoms with Gasteiger partial charge in [-0.15, -0.1) is 0 Å². The fourth-order valence-corrected chi connectivity index (χ4v) is 1.94. The molecule has 3 nitrogen and oxygen atoms in total. The second kappa shape index (κ2) is 4.85. The summed E-state index contributed by atoms with van der Waals surface area (Å²) in [5.74, 6) is 0.417. The van der Waals surface area contributed by atoms with Crippen LogP contribution in [0.4, 0.5) is 0 Å². The third kappa shape index (κ3) is 2.60. The minimum atomic E-state index is 0.417. The van der Waals surface area contributed by atoms with E-state index in [2.05, 4.69) is 51.7 Å². The van der Waals surface area contributed by atoms with Crippen molar-refractivity contribution in [3.63, 3.8) is 0 Å². The summed E-state index contributed by atoms with van der Waals surface area (Å²) in [5, 5.41) is 3.23. The summed E-state index contributed by atoms with van der Waals surface area (Å²) in [4.78, 5) is 8.26. The monoisotopic (exact) mass is 291 g/mol. The minimum Gasteiger partial charge on any atom is -0.317 e. The largest absolute Gasteiger partial charge is 0.317 e. The third-order valence-electron chi connectivity index (χ3n) is 2.33. The molecule has 4 heteroatoms. The predicted molar refractivity (Wildman–Crippen MR) is 61.7 cm³/mol. The van der Waals surface area contributed by atoms with Gasteiger partial charge in [-0.1, -0.05) is 6.92 Å². The number of hydrogen-bond acceptors (Lipinski definition) is 3. The van der Waals surface area contributed by atoms with Crippen molar-refractivity contribution < 1.29 is 0 Å². The standard InChI is InChI=1S/C9H14IN3/c1-6(7(2)11-3)9-8(10)4-12-5-13-9/h4-7,11H,1-3H3. The van der Waals surface area contributed by atoms with Gasteiger partial charge in [-0.05, 0) is 36.6 Å². The number of aromatic nitrogens is 2. The van der Waals surface area contributed by atoms with Crippen molar-refractivity contribution in [2.45, 2.75) is 25.8 Å². The van der Waals surface area contributed by atoms with E-state index >= 15 is 0 Å². The Morgan fingerprint density at radius 1 is 1.46 bits per heavy atom. The Kier molecular flexibility index (Phi) is 4.05. The lowest BCUT2D eigenvalue weighted by molar-refractivity contribution is 0.512. The molecule has 0 saturated carbocycles. The number of halogens is 1. The molecule has 13 heavy (non-hydrogen) atoms. The van der Waals surface area contributed by atoms with Crippen LogP contribution in [0.25, 0.3) is 0 Å². The lowest BCUT2D eigenvalue weighted by Crippen LogP contribution is -2.28. The van der Waals surface area contributed by atoms with Crippen LogP contribution in [-0.2, 0) is 0 Å². The van der Waals surface area contributed by atoms with Crippen molar-refractivity contribution in [1.29, 1.82) is 0 Å². The highest BCUT2D eigenvalue weighted by Gasteiger charge is 2.16. The van der Waals surface area contributed by atoms with Crippen LogP contribution in [-0.4, -0.2) is 23.1 Å². The van der Waals surface area contributed by atoms with E-state index in [1.165, 1.54) is 0 Å². The van der Waals surface area contributed by atoms with Crippen LogP contribution in [0.3, 0.4) is 0 Å². The molecule has 72 valence electrons. The van der Waals surface area contributed by atoms with Gasteiger partial charge in [-0.25, -0.2) is 9.97 Å². The maximum Gasteiger partial charge on any atom is 0.115 e. The summed E-state index contributed by atoms with van der Waals surface area (Å²) < 4.78 is 1.13. The van der Waals surface area contributed by atoms with E-state index in [1.54, 1.807) is 6.33 Å². The Morgan fingerprint density at radius 3 is 2.69 bits per heavy atom. The molecule has 2 atom stereocenters. The van der Waals surface area contributed by atoms with E-state index < -0.39 is 0 Å². The molecule has 0 spiro atoms. The van der Waals surface area contributed by atoms with Crippen LogP contribution in [0.2, 0.25) is 0 Å². The first kappa shape index (κ1) is 10.8. The van der Waals surface area contributed by atoms with Crippen molar-refractivity contribution >= 4 is 22.6 Å². The molecule has 0 aromatic carbocycles. The lowest BCUT2D eigenvalue weighted by atomic mass is 10.00. The van der Waals surface area contributed by atoms with E-state index in [1.807, 2.05) is 13.2 Å². The van der Waals surface area contributed by atoms with Crippen LogP contribution in [0.5, 0.6) is 0 Å². The molecular formula is C9H14IN3. The van der Waals surface area contributed by atoms with Gasteiger partial charge in [-0.2, -0.15) is 0 Å². The molecule has 0 aliphatic rings. The molecule has 1 aromatic rings. The molecule has 0 aliphatic carbocycles. The summed E-state index contributed by atoms with van der Waals surface area (Å²) in [6.07, 6.45) is 3.46. The van der Waals surface area contributed by atoms with Crippen molar-refractivity contribution in [2.24, 2.45) is 0 Å². The summed E-state index contributed by atoms with van der Waals surface area (Å²) in [6.45, 7) is 4.33. The summed E-state index contributed by atoms with van der Waals surface area (Å²) >= 11 is 2.27. The molecule has 0 bridgehead atoms. The quantitative estimate of drug-likeness (QED) is 0.863. The van der Waals surface area contributed by atoms with Gasteiger partial charge in [0, 0.05) is 18.2 Å². The Labute approximate surface area is 92.5 Å². The van der Waals surface area contributed by atoms with Gasteiger partial charge in [0.25, 0.3) is 0 Å². The molecule has 1 aromatic heterocycles. The van der Waals surface area contributed by atoms with Crippen molar-refractivity contribution in [2.75, 3.05) is 7.05 Å². The molecule has 0 saturated heterocycles. The van der Waals surface area contributed by atoms with Crippen LogP contribution >= 0.6 is 22.6 Å². The van der Waals surface area contributed by atoms with Gasteiger partial charge in [-0.3, -0.25) is 0 Å². The molecule has 0 fully saturated rings. The first-order valence-corrected chi connectivity index (χ1v) is 5.37. The first-order valence-electron chi connectivity index (χ1n) is 4.29. The molecule has 1 N–H and O–H groups in total. The van der Waals surface area contributed by atoms with Gasteiger partial charge in [0.05, 0.1) is 9.26 Å². The van der Waals surface area contributed by atoms with Crippen LogP contribution in [0, 0.1) is 3.57 Å². The molecule has 0 amide bonds. The van der Waals surface area contributed by atoms with E-state index in [0.29, 0.717) is 12.0 Å². The number of hydrogen-bond donors (Lipinski definition) is 1. The van der Waals surface area contributed by atoms with Gasteiger partial charge in [0.2, 0.25) is 0 Å². The normalized spacial score (nSPS) is 15.4. The zero-order chi connectivity index (χ0) is 9.84. The van der Waals surface area contributed by atoms with Crippen molar-refractivity contribution in [3.05, 3.63) is 21.8 Å². The van der Waals surface area contributed by atoms with Crippen molar-refractivity contribution in [1.82, 2.24) is 15.3 Å². The molecule has 0 aliphatic heterocycles. The maximum absolute atomic E-state index is 4.29. The fraction of sp³-hybridized carbons (Fsp3) is 0.556. The highest BCUT2D eigenvalue weighted by Crippen LogP contribution is 2.20. The SMILES string of the molecule is CNC(C)C(C)c1ncncc1I. The van der Waals surface area contributed by atoms with Crippen LogP contribution in [0.15, 0.2) is 12.5 Å². The fourth-order valence-electron chi connectivity index (χ4n) is 1.14. The Balaban J connectivity index is 2.88.